The number of benzene rings is 1. The van der Waals surface area contributed by atoms with Crippen molar-refractivity contribution in [2.45, 2.75) is 19.8 Å². The van der Waals surface area contributed by atoms with Crippen LogP contribution in [0.2, 0.25) is 15.1 Å². The van der Waals surface area contributed by atoms with Crippen molar-refractivity contribution in [3.05, 3.63) is 27.2 Å². The number of amides is 1. The van der Waals surface area contributed by atoms with Gasteiger partial charge in [0.1, 0.15) is 0 Å². The summed E-state index contributed by atoms with van der Waals surface area (Å²) in [5.41, 5.74) is 0.363. The molecule has 128 valence electrons. The minimum atomic E-state index is -3.29. The quantitative estimate of drug-likeness (QED) is 0.786. The fraction of sp³-hybridized carbons (Fsp3) is 0.500. The largest absolute Gasteiger partial charge is 0.324 e. The molecule has 1 aromatic rings. The summed E-state index contributed by atoms with van der Waals surface area (Å²) >= 11 is 17.8. The van der Waals surface area contributed by atoms with Crippen LogP contribution in [0.3, 0.4) is 0 Å². The van der Waals surface area contributed by atoms with Gasteiger partial charge in [-0.25, -0.2) is 12.7 Å². The van der Waals surface area contributed by atoms with Gasteiger partial charge in [0.25, 0.3) is 0 Å². The SMILES string of the molecule is CCS(=O)(=O)N1CCC[C@H](C(=O)Nc2cc(Cl)c(Cl)cc2Cl)C1. The Morgan fingerprint density at radius 1 is 1.26 bits per heavy atom. The zero-order valence-electron chi connectivity index (χ0n) is 12.5. The molecule has 1 aromatic carbocycles. The highest BCUT2D eigenvalue weighted by atomic mass is 35.5. The van der Waals surface area contributed by atoms with Crippen molar-refractivity contribution >= 4 is 56.4 Å². The molecular weight excluding hydrogens is 383 g/mol. The molecule has 0 saturated carbocycles. The number of carbonyl (C=O) groups excluding carboxylic acids is 1. The number of halogens is 3. The van der Waals surface area contributed by atoms with Gasteiger partial charge in [0.05, 0.1) is 32.4 Å². The van der Waals surface area contributed by atoms with Crippen molar-refractivity contribution in [1.82, 2.24) is 4.31 Å². The second-order valence-electron chi connectivity index (χ2n) is 5.33. The van der Waals surface area contributed by atoms with E-state index in [1.807, 2.05) is 0 Å². The summed E-state index contributed by atoms with van der Waals surface area (Å²) in [5, 5.41) is 3.56. The number of hydrogen-bond donors (Lipinski definition) is 1. The van der Waals surface area contributed by atoms with Crippen LogP contribution in [-0.2, 0) is 14.8 Å². The Bertz CT molecular complexity index is 709. The third kappa shape index (κ3) is 4.51. The topological polar surface area (TPSA) is 66.5 Å². The summed E-state index contributed by atoms with van der Waals surface area (Å²) in [4.78, 5) is 12.4. The van der Waals surface area contributed by atoms with Crippen molar-refractivity contribution < 1.29 is 13.2 Å². The lowest BCUT2D eigenvalue weighted by Gasteiger charge is -2.31. The third-order valence-corrected chi connectivity index (χ3v) is 6.66. The van der Waals surface area contributed by atoms with Gasteiger partial charge in [-0.3, -0.25) is 4.79 Å². The van der Waals surface area contributed by atoms with Gasteiger partial charge in [-0.1, -0.05) is 34.8 Å². The van der Waals surface area contributed by atoms with Crippen LogP contribution in [0.15, 0.2) is 12.1 Å². The van der Waals surface area contributed by atoms with Crippen LogP contribution < -0.4 is 5.32 Å². The number of piperidine rings is 1. The van der Waals surface area contributed by atoms with Crippen molar-refractivity contribution in [1.29, 1.82) is 0 Å². The zero-order valence-corrected chi connectivity index (χ0v) is 15.6. The summed E-state index contributed by atoms with van der Waals surface area (Å²) in [7, 11) is -3.29. The number of anilines is 1. The van der Waals surface area contributed by atoms with E-state index in [0.717, 1.165) is 0 Å². The first-order valence-corrected chi connectivity index (χ1v) is 9.92. The number of sulfonamides is 1. The molecule has 1 aliphatic heterocycles. The minimum Gasteiger partial charge on any atom is -0.324 e. The molecule has 0 bridgehead atoms. The molecule has 0 aromatic heterocycles. The van der Waals surface area contributed by atoms with E-state index in [4.69, 9.17) is 34.8 Å². The van der Waals surface area contributed by atoms with Gasteiger partial charge in [-0.05, 0) is 31.9 Å². The number of nitrogens with one attached hydrogen (secondary N) is 1. The van der Waals surface area contributed by atoms with Crippen LogP contribution in [0.4, 0.5) is 5.69 Å². The predicted molar refractivity (Wildman–Crippen MR) is 93.9 cm³/mol. The fourth-order valence-corrected chi connectivity index (χ4v) is 4.22. The summed E-state index contributed by atoms with van der Waals surface area (Å²) in [5.74, 6) is -0.670. The van der Waals surface area contributed by atoms with Crippen LogP contribution in [0.5, 0.6) is 0 Å². The Labute approximate surface area is 150 Å². The van der Waals surface area contributed by atoms with E-state index in [2.05, 4.69) is 5.32 Å². The van der Waals surface area contributed by atoms with E-state index in [0.29, 0.717) is 30.1 Å². The second-order valence-corrected chi connectivity index (χ2v) is 8.81. The third-order valence-electron chi connectivity index (χ3n) is 3.78. The first kappa shape index (κ1) is 18.8. The van der Waals surface area contributed by atoms with Crippen LogP contribution >= 0.6 is 34.8 Å². The molecule has 1 amide bonds. The Morgan fingerprint density at radius 3 is 2.57 bits per heavy atom. The predicted octanol–water partition coefficient (Wildman–Crippen LogP) is 3.65. The van der Waals surface area contributed by atoms with E-state index < -0.39 is 15.9 Å². The first-order valence-electron chi connectivity index (χ1n) is 7.18. The number of hydrogen-bond acceptors (Lipinski definition) is 3. The summed E-state index contributed by atoms with van der Waals surface area (Å²) in [6, 6.07) is 2.93. The molecule has 5 nitrogen and oxygen atoms in total. The van der Waals surface area contributed by atoms with Gasteiger partial charge >= 0.3 is 0 Å². The van der Waals surface area contributed by atoms with Gasteiger partial charge in [-0.15, -0.1) is 0 Å². The minimum absolute atomic E-state index is 0.0277. The van der Waals surface area contributed by atoms with Crippen LogP contribution in [-0.4, -0.2) is 37.5 Å². The Hall–Kier alpha value is -0.530. The molecular formula is C14H17Cl3N2O3S. The van der Waals surface area contributed by atoms with Crippen LogP contribution in [0.1, 0.15) is 19.8 Å². The monoisotopic (exact) mass is 398 g/mol. The fourth-order valence-electron chi connectivity index (χ4n) is 2.44. The van der Waals surface area contributed by atoms with Gasteiger partial charge in [0, 0.05) is 13.1 Å². The molecule has 2 rings (SSSR count). The van der Waals surface area contributed by atoms with Gasteiger partial charge in [0.2, 0.25) is 15.9 Å². The average molecular weight is 400 g/mol. The van der Waals surface area contributed by atoms with Crippen LogP contribution in [0.25, 0.3) is 0 Å². The summed E-state index contributed by atoms with van der Waals surface area (Å²) in [6.07, 6.45) is 1.27. The standard InChI is InChI=1S/C14H17Cl3N2O3S/c1-2-23(21,22)19-5-3-4-9(8-19)14(20)18-13-7-11(16)10(15)6-12(13)17/h6-7,9H,2-5,8H2,1H3,(H,18,20)/t9-/m0/s1. The van der Waals surface area contributed by atoms with Crippen molar-refractivity contribution in [2.24, 2.45) is 5.92 Å². The molecule has 1 aliphatic rings. The lowest BCUT2D eigenvalue weighted by atomic mass is 9.98. The second kappa shape index (κ2) is 7.57. The van der Waals surface area contributed by atoms with E-state index in [-0.39, 0.29) is 28.3 Å². The molecule has 23 heavy (non-hydrogen) atoms. The van der Waals surface area contributed by atoms with Crippen molar-refractivity contribution in [2.75, 3.05) is 24.2 Å². The molecule has 9 heteroatoms. The van der Waals surface area contributed by atoms with Gasteiger partial charge in [0.15, 0.2) is 0 Å². The van der Waals surface area contributed by atoms with E-state index >= 15 is 0 Å². The summed E-state index contributed by atoms with van der Waals surface area (Å²) < 4.78 is 25.3. The molecule has 0 radical (unpaired) electrons. The molecule has 1 N–H and O–H groups in total. The van der Waals surface area contributed by atoms with E-state index in [1.54, 1.807) is 6.92 Å². The molecule has 0 unspecified atom stereocenters. The molecule has 1 saturated heterocycles. The maximum Gasteiger partial charge on any atom is 0.228 e. The summed E-state index contributed by atoms with van der Waals surface area (Å²) in [6.45, 7) is 2.23. The smallest absolute Gasteiger partial charge is 0.228 e. The van der Waals surface area contributed by atoms with Crippen molar-refractivity contribution in [3.8, 4) is 0 Å². The highest BCUT2D eigenvalue weighted by Gasteiger charge is 2.31. The average Bonchev–Trinajstić information content (AvgIpc) is 2.52. The van der Waals surface area contributed by atoms with Gasteiger partial charge in [-0.2, -0.15) is 0 Å². The van der Waals surface area contributed by atoms with E-state index in [9.17, 15) is 13.2 Å². The maximum atomic E-state index is 12.4. The normalized spacial score (nSPS) is 19.6. The highest BCUT2D eigenvalue weighted by Crippen LogP contribution is 2.33. The highest BCUT2D eigenvalue weighted by molar-refractivity contribution is 7.89. The Balaban J connectivity index is 2.10. The Morgan fingerprint density at radius 2 is 1.91 bits per heavy atom. The maximum absolute atomic E-state index is 12.4. The molecule has 0 aliphatic carbocycles. The molecule has 1 atom stereocenters. The lowest BCUT2D eigenvalue weighted by molar-refractivity contribution is -0.120. The molecule has 1 fully saturated rings. The van der Waals surface area contributed by atoms with E-state index in [1.165, 1.54) is 16.4 Å². The number of carbonyl (C=O) groups is 1. The lowest BCUT2D eigenvalue weighted by Crippen LogP contribution is -2.44. The Kier molecular flexibility index (Phi) is 6.19. The molecule has 0 spiro atoms. The van der Waals surface area contributed by atoms with Crippen LogP contribution in [0, 0.1) is 5.92 Å². The number of rotatable bonds is 4. The van der Waals surface area contributed by atoms with Gasteiger partial charge < -0.3 is 5.32 Å². The molecule has 1 heterocycles. The first-order chi connectivity index (χ1) is 10.7. The number of nitrogens with zero attached hydrogens (tertiary/aromatic N) is 1. The zero-order chi connectivity index (χ0) is 17.2. The van der Waals surface area contributed by atoms with Crippen molar-refractivity contribution in [3.63, 3.8) is 0 Å².